The fourth-order valence-corrected chi connectivity index (χ4v) is 3.97. The number of fused-ring (bicyclic) bond motifs is 1. The van der Waals surface area contributed by atoms with Crippen molar-refractivity contribution >= 4 is 35.0 Å². The lowest BCUT2D eigenvalue weighted by Gasteiger charge is -2.25. The molecule has 0 radical (unpaired) electrons. The smallest absolute Gasteiger partial charge is 0.0603 e. The van der Waals surface area contributed by atoms with Gasteiger partial charge in [-0.1, -0.05) is 23.2 Å². The third kappa shape index (κ3) is 1.90. The number of hydrogen-bond donors (Lipinski definition) is 0. The van der Waals surface area contributed by atoms with Crippen LogP contribution in [0.5, 0.6) is 0 Å². The van der Waals surface area contributed by atoms with Crippen LogP contribution in [0.4, 0.5) is 0 Å². The van der Waals surface area contributed by atoms with Gasteiger partial charge in [0, 0.05) is 4.90 Å². The molecule has 80 valence electrons. The van der Waals surface area contributed by atoms with E-state index in [1.54, 1.807) is 0 Å². The molecule has 1 fully saturated rings. The highest BCUT2D eigenvalue weighted by molar-refractivity contribution is 7.99. The molecular weight excluding hydrogens is 247 g/mol. The van der Waals surface area contributed by atoms with Gasteiger partial charge in [0.05, 0.1) is 10.0 Å². The Morgan fingerprint density at radius 2 is 1.80 bits per heavy atom. The van der Waals surface area contributed by atoms with Crippen molar-refractivity contribution in [3.8, 4) is 0 Å². The quantitative estimate of drug-likeness (QED) is 0.685. The summed E-state index contributed by atoms with van der Waals surface area (Å²) in [5.41, 5.74) is 1.45. The van der Waals surface area contributed by atoms with E-state index in [1.165, 1.54) is 35.5 Å². The molecule has 3 rings (SSSR count). The van der Waals surface area contributed by atoms with Gasteiger partial charge in [0.2, 0.25) is 0 Å². The Kier molecular flexibility index (Phi) is 2.66. The minimum atomic E-state index is 0.694. The molecule has 0 nitrogen and oxygen atoms in total. The Labute approximate surface area is 104 Å². The van der Waals surface area contributed by atoms with Crippen molar-refractivity contribution in [1.82, 2.24) is 0 Å². The molecule has 1 atom stereocenters. The Hall–Kier alpha value is 0.150. The van der Waals surface area contributed by atoms with Crippen molar-refractivity contribution in [3.63, 3.8) is 0 Å². The van der Waals surface area contributed by atoms with Crippen LogP contribution in [0.15, 0.2) is 17.0 Å². The standard InChI is InChI=1S/C12H12Cl2S/c13-10-5-9-8(7-1-2-7)3-4-15-12(9)6-11(10)14/h5-8H,1-4H2. The molecule has 1 aliphatic carbocycles. The summed E-state index contributed by atoms with van der Waals surface area (Å²) in [6.45, 7) is 0. The summed E-state index contributed by atoms with van der Waals surface area (Å²) < 4.78 is 0. The maximum atomic E-state index is 6.09. The summed E-state index contributed by atoms with van der Waals surface area (Å²) in [7, 11) is 0. The van der Waals surface area contributed by atoms with Crippen LogP contribution in [0, 0.1) is 5.92 Å². The molecular formula is C12H12Cl2S. The first-order valence-electron chi connectivity index (χ1n) is 5.37. The molecule has 15 heavy (non-hydrogen) atoms. The van der Waals surface area contributed by atoms with Crippen molar-refractivity contribution in [2.24, 2.45) is 5.92 Å². The monoisotopic (exact) mass is 258 g/mol. The summed E-state index contributed by atoms with van der Waals surface area (Å²) in [5.74, 6) is 2.89. The molecule has 1 saturated carbocycles. The maximum Gasteiger partial charge on any atom is 0.0603 e. The van der Waals surface area contributed by atoms with Crippen LogP contribution in [0.1, 0.15) is 30.7 Å². The van der Waals surface area contributed by atoms with E-state index in [0.29, 0.717) is 10.0 Å². The highest BCUT2D eigenvalue weighted by Crippen LogP contribution is 2.51. The van der Waals surface area contributed by atoms with Crippen LogP contribution in [-0.4, -0.2) is 5.75 Å². The highest BCUT2D eigenvalue weighted by atomic mass is 35.5. The number of thioether (sulfide) groups is 1. The Morgan fingerprint density at radius 3 is 2.53 bits per heavy atom. The Bertz CT molecular complexity index is 399. The molecule has 0 amide bonds. The molecule has 1 heterocycles. The third-order valence-corrected chi connectivity index (χ3v) is 5.16. The van der Waals surface area contributed by atoms with Crippen molar-refractivity contribution in [2.45, 2.75) is 30.1 Å². The first kappa shape index (κ1) is 10.3. The van der Waals surface area contributed by atoms with E-state index in [0.717, 1.165) is 11.8 Å². The molecule has 2 aliphatic rings. The van der Waals surface area contributed by atoms with Crippen molar-refractivity contribution in [1.29, 1.82) is 0 Å². The minimum absolute atomic E-state index is 0.694. The van der Waals surface area contributed by atoms with E-state index in [2.05, 4.69) is 6.07 Å². The number of halogens is 2. The largest absolute Gasteiger partial charge is 0.126 e. The second kappa shape index (κ2) is 3.87. The van der Waals surface area contributed by atoms with Crippen LogP contribution in [0.3, 0.4) is 0 Å². The average molecular weight is 259 g/mol. The van der Waals surface area contributed by atoms with Gasteiger partial charge >= 0.3 is 0 Å². The van der Waals surface area contributed by atoms with Crippen LogP contribution in [-0.2, 0) is 0 Å². The van der Waals surface area contributed by atoms with E-state index in [4.69, 9.17) is 23.2 Å². The van der Waals surface area contributed by atoms with Gasteiger partial charge in [0.1, 0.15) is 0 Å². The van der Waals surface area contributed by atoms with Gasteiger partial charge in [-0.15, -0.1) is 11.8 Å². The number of hydrogen-bond acceptors (Lipinski definition) is 1. The van der Waals surface area contributed by atoms with Crippen LogP contribution < -0.4 is 0 Å². The number of benzene rings is 1. The predicted molar refractivity (Wildman–Crippen MR) is 67.3 cm³/mol. The second-order valence-corrected chi connectivity index (χ2v) is 6.34. The minimum Gasteiger partial charge on any atom is -0.126 e. The van der Waals surface area contributed by atoms with E-state index in [-0.39, 0.29) is 0 Å². The lowest BCUT2D eigenvalue weighted by Crippen LogP contribution is -2.09. The van der Waals surface area contributed by atoms with Crippen molar-refractivity contribution < 1.29 is 0 Å². The maximum absolute atomic E-state index is 6.09. The third-order valence-electron chi connectivity index (χ3n) is 3.33. The molecule has 1 aromatic rings. The fourth-order valence-electron chi connectivity index (χ4n) is 2.40. The summed E-state index contributed by atoms with van der Waals surface area (Å²) >= 11 is 14.1. The van der Waals surface area contributed by atoms with Crippen LogP contribution >= 0.6 is 35.0 Å². The first-order chi connectivity index (χ1) is 7.25. The zero-order valence-corrected chi connectivity index (χ0v) is 10.6. The fraction of sp³-hybridized carbons (Fsp3) is 0.500. The van der Waals surface area contributed by atoms with Gasteiger partial charge in [-0.3, -0.25) is 0 Å². The van der Waals surface area contributed by atoms with Gasteiger partial charge in [0.15, 0.2) is 0 Å². The van der Waals surface area contributed by atoms with Gasteiger partial charge in [-0.2, -0.15) is 0 Å². The normalized spacial score (nSPS) is 25.1. The van der Waals surface area contributed by atoms with E-state index < -0.39 is 0 Å². The van der Waals surface area contributed by atoms with Crippen molar-refractivity contribution in [2.75, 3.05) is 5.75 Å². The number of rotatable bonds is 1. The molecule has 0 aromatic heterocycles. The molecule has 1 unspecified atom stereocenters. The Balaban J connectivity index is 2.05. The summed E-state index contributed by atoms with van der Waals surface area (Å²) in [4.78, 5) is 1.35. The van der Waals surface area contributed by atoms with E-state index in [9.17, 15) is 0 Å². The molecule has 0 saturated heterocycles. The molecule has 3 heteroatoms. The van der Waals surface area contributed by atoms with Crippen LogP contribution in [0.25, 0.3) is 0 Å². The average Bonchev–Trinajstić information content (AvgIpc) is 3.02. The van der Waals surface area contributed by atoms with Gasteiger partial charge < -0.3 is 0 Å². The topological polar surface area (TPSA) is 0 Å². The van der Waals surface area contributed by atoms with Crippen LogP contribution in [0.2, 0.25) is 10.0 Å². The molecule has 1 aliphatic heterocycles. The molecule has 0 N–H and O–H groups in total. The summed E-state index contributed by atoms with van der Waals surface area (Å²) in [6.07, 6.45) is 4.10. The van der Waals surface area contributed by atoms with Gasteiger partial charge in [-0.05, 0) is 54.5 Å². The first-order valence-corrected chi connectivity index (χ1v) is 7.11. The molecule has 0 bridgehead atoms. The Morgan fingerprint density at radius 1 is 1.07 bits per heavy atom. The van der Waals surface area contributed by atoms with Crippen molar-refractivity contribution in [3.05, 3.63) is 27.7 Å². The lowest BCUT2D eigenvalue weighted by atomic mass is 9.91. The van der Waals surface area contributed by atoms with Gasteiger partial charge in [0.25, 0.3) is 0 Å². The van der Waals surface area contributed by atoms with E-state index >= 15 is 0 Å². The zero-order chi connectivity index (χ0) is 10.4. The molecule has 1 aromatic carbocycles. The SMILES string of the molecule is Clc1cc2c(cc1Cl)C(C1CC1)CCS2. The predicted octanol–water partition coefficient (Wildman–Crippen LogP) is 4.98. The van der Waals surface area contributed by atoms with E-state index in [1.807, 2.05) is 17.8 Å². The lowest BCUT2D eigenvalue weighted by molar-refractivity contribution is 0.574. The van der Waals surface area contributed by atoms with Gasteiger partial charge in [-0.25, -0.2) is 0 Å². The second-order valence-electron chi connectivity index (χ2n) is 4.39. The highest BCUT2D eigenvalue weighted by Gasteiger charge is 2.35. The summed E-state index contributed by atoms with van der Waals surface area (Å²) in [5, 5.41) is 1.41. The summed E-state index contributed by atoms with van der Waals surface area (Å²) in [6, 6.07) is 4.13. The molecule has 0 spiro atoms. The zero-order valence-electron chi connectivity index (χ0n) is 8.30.